The van der Waals surface area contributed by atoms with Gasteiger partial charge in [0.05, 0.1) is 19.5 Å². The second-order valence-electron chi connectivity index (χ2n) is 15.4. The highest BCUT2D eigenvalue weighted by molar-refractivity contribution is 5.96. The number of hydrogen-bond acceptors (Lipinski definition) is 9. The summed E-state index contributed by atoms with van der Waals surface area (Å²) < 4.78 is 11.4. The first-order valence-electron chi connectivity index (χ1n) is 21.2. The zero-order valence-corrected chi connectivity index (χ0v) is 35.8. The van der Waals surface area contributed by atoms with Crippen molar-refractivity contribution in [3.05, 3.63) is 162 Å². The van der Waals surface area contributed by atoms with E-state index in [0.29, 0.717) is 17.7 Å². The fraction of sp³-hybridized carbons (Fsp3) is 0.271. The van der Waals surface area contributed by atoms with Gasteiger partial charge in [0.25, 0.3) is 0 Å². The van der Waals surface area contributed by atoms with Crippen molar-refractivity contribution in [2.45, 2.75) is 76.0 Å². The van der Waals surface area contributed by atoms with Crippen LogP contribution in [0, 0.1) is 0 Å². The largest absolute Gasteiger partial charge is 0.445 e. The number of nitrogens with one attached hydrogen (secondary N) is 7. The summed E-state index contributed by atoms with van der Waals surface area (Å²) in [5, 5.41) is 14.4. The number of aryl methyl sites for hydroxylation is 1. The van der Waals surface area contributed by atoms with Crippen molar-refractivity contribution in [2.75, 3.05) is 6.61 Å². The molecule has 0 saturated carbocycles. The lowest BCUT2D eigenvalue weighted by atomic mass is 10.0. The Morgan fingerprint density at radius 2 is 1.17 bits per heavy atom. The fourth-order valence-electron chi connectivity index (χ4n) is 6.94. The maximum absolute atomic E-state index is 14.5. The van der Waals surface area contributed by atoms with E-state index < -0.39 is 65.8 Å². The van der Waals surface area contributed by atoms with Crippen molar-refractivity contribution in [3.63, 3.8) is 0 Å². The number of H-pyrrole nitrogens is 2. The van der Waals surface area contributed by atoms with Crippen LogP contribution in [0.2, 0.25) is 0 Å². The molecule has 6 rings (SSSR count). The first kappa shape index (κ1) is 46.7. The van der Waals surface area contributed by atoms with Crippen molar-refractivity contribution in [1.82, 2.24) is 41.5 Å². The summed E-state index contributed by atoms with van der Waals surface area (Å²) >= 11 is 0. The summed E-state index contributed by atoms with van der Waals surface area (Å²) in [5.41, 5.74) is 9.95. The molecule has 9 N–H and O–H groups in total. The first-order valence-corrected chi connectivity index (χ1v) is 21.2. The van der Waals surface area contributed by atoms with E-state index >= 15 is 0 Å². The van der Waals surface area contributed by atoms with Crippen molar-refractivity contribution in [2.24, 2.45) is 5.73 Å². The zero-order chi connectivity index (χ0) is 46.0. The lowest BCUT2D eigenvalue weighted by molar-refractivity contribution is -0.135. The molecule has 0 spiro atoms. The molecule has 17 heteroatoms. The van der Waals surface area contributed by atoms with Gasteiger partial charge in [-0.25, -0.2) is 9.78 Å². The van der Waals surface area contributed by atoms with E-state index in [1.54, 1.807) is 18.3 Å². The van der Waals surface area contributed by atoms with E-state index in [0.717, 1.165) is 27.6 Å². The van der Waals surface area contributed by atoms with Crippen molar-refractivity contribution < 1.29 is 38.2 Å². The van der Waals surface area contributed by atoms with Crippen LogP contribution in [0.4, 0.5) is 4.79 Å². The Balaban J connectivity index is 1.24. The average molecular weight is 884 g/mol. The summed E-state index contributed by atoms with van der Waals surface area (Å²) in [5.74, 6) is -3.67. The molecule has 2 aromatic heterocycles. The molecule has 0 unspecified atom stereocenters. The summed E-state index contributed by atoms with van der Waals surface area (Å²) in [6, 6.07) is 28.9. The van der Waals surface area contributed by atoms with Crippen LogP contribution in [0.1, 0.15) is 41.3 Å². The molecule has 0 aliphatic heterocycles. The van der Waals surface area contributed by atoms with E-state index in [1.807, 2.05) is 103 Å². The van der Waals surface area contributed by atoms with Crippen LogP contribution in [0.5, 0.6) is 0 Å². The van der Waals surface area contributed by atoms with Crippen LogP contribution in [-0.2, 0) is 65.9 Å². The zero-order valence-electron chi connectivity index (χ0n) is 35.8. The molecule has 0 fully saturated rings. The minimum Gasteiger partial charge on any atom is -0.445 e. The molecule has 0 aliphatic rings. The number of imidazole rings is 1. The third-order valence-electron chi connectivity index (χ3n) is 10.5. The van der Waals surface area contributed by atoms with Gasteiger partial charge in [0.2, 0.25) is 29.5 Å². The number of ether oxygens (including phenoxy) is 2. The van der Waals surface area contributed by atoms with E-state index in [9.17, 15) is 28.8 Å². The van der Waals surface area contributed by atoms with Gasteiger partial charge >= 0.3 is 6.09 Å². The Morgan fingerprint density at radius 3 is 1.83 bits per heavy atom. The number of amides is 6. The lowest BCUT2D eigenvalue weighted by Crippen LogP contribution is -2.60. The summed E-state index contributed by atoms with van der Waals surface area (Å²) in [7, 11) is 0. The smallest absolute Gasteiger partial charge is 0.408 e. The molecule has 0 aliphatic carbocycles. The van der Waals surface area contributed by atoms with E-state index in [4.69, 9.17) is 15.2 Å². The maximum atomic E-state index is 14.5. The van der Waals surface area contributed by atoms with E-state index in [-0.39, 0.29) is 39.1 Å². The fourth-order valence-corrected chi connectivity index (χ4v) is 6.94. The summed E-state index contributed by atoms with van der Waals surface area (Å²) in [4.78, 5) is 92.0. The predicted octanol–water partition coefficient (Wildman–Crippen LogP) is 3.27. The maximum Gasteiger partial charge on any atom is 0.408 e. The summed E-state index contributed by atoms with van der Waals surface area (Å²) in [6.07, 6.45) is 4.24. The Labute approximate surface area is 375 Å². The molecule has 0 radical (unpaired) electrons. The second kappa shape index (κ2) is 23.6. The van der Waals surface area contributed by atoms with Gasteiger partial charge < -0.3 is 51.8 Å². The number of aromatic amines is 2. The first-order chi connectivity index (χ1) is 31.5. The van der Waals surface area contributed by atoms with Gasteiger partial charge in [-0.2, -0.15) is 0 Å². The van der Waals surface area contributed by atoms with Gasteiger partial charge in [-0.1, -0.05) is 109 Å². The molecule has 4 aromatic carbocycles. The van der Waals surface area contributed by atoms with Crippen LogP contribution in [-0.4, -0.2) is 87.4 Å². The van der Waals surface area contributed by atoms with Crippen LogP contribution in [0.3, 0.4) is 0 Å². The van der Waals surface area contributed by atoms with Crippen molar-refractivity contribution in [1.29, 1.82) is 0 Å². The highest BCUT2D eigenvalue weighted by Gasteiger charge is 2.33. The number of nitrogens with two attached hydrogens (primary N) is 1. The lowest BCUT2D eigenvalue weighted by Gasteiger charge is -2.27. The Hall–Kier alpha value is -7.79. The van der Waals surface area contributed by atoms with Crippen LogP contribution in [0.25, 0.3) is 10.9 Å². The minimum atomic E-state index is -1.39. The second-order valence-corrected chi connectivity index (χ2v) is 15.4. The van der Waals surface area contributed by atoms with Gasteiger partial charge in [0.1, 0.15) is 36.8 Å². The SMILES string of the molecule is C[C@H](NC(=O)[C@@H](Cc1c[nH]c2ccccc12)NC(=O)[C@@H](COCc1ccccc1)NC(=O)[C@@H](CCc1ccccc1)NC(=O)[C@@H](Cc1cnc[nH]1)NC(=O)OCc1ccccc1)C(N)=O. The van der Waals surface area contributed by atoms with Gasteiger partial charge in [-0.05, 0) is 48.1 Å². The predicted molar refractivity (Wildman–Crippen MR) is 241 cm³/mol. The molecule has 2 heterocycles. The van der Waals surface area contributed by atoms with Gasteiger partial charge in [0, 0.05) is 41.8 Å². The number of carbonyl (C=O) groups is 6. The molecule has 6 aromatic rings. The van der Waals surface area contributed by atoms with E-state index in [1.165, 1.54) is 19.4 Å². The number of aromatic nitrogens is 3. The number of carbonyl (C=O) groups excluding carboxylic acids is 6. The number of benzene rings is 4. The highest BCUT2D eigenvalue weighted by Crippen LogP contribution is 2.20. The van der Waals surface area contributed by atoms with Gasteiger partial charge in [-0.3, -0.25) is 24.0 Å². The number of hydrogen-bond donors (Lipinski definition) is 8. The van der Waals surface area contributed by atoms with Gasteiger partial charge in [0.15, 0.2) is 0 Å². The molecule has 0 bridgehead atoms. The van der Waals surface area contributed by atoms with Gasteiger partial charge in [-0.15, -0.1) is 0 Å². The molecule has 17 nitrogen and oxygen atoms in total. The molecular formula is C48H53N9O8. The average Bonchev–Trinajstić information content (AvgIpc) is 4.00. The highest BCUT2D eigenvalue weighted by atomic mass is 16.5. The number of fused-ring (bicyclic) bond motifs is 1. The third kappa shape index (κ3) is 14.4. The molecule has 338 valence electrons. The Bertz CT molecular complexity index is 2480. The van der Waals surface area contributed by atoms with Crippen LogP contribution in [0.15, 0.2) is 134 Å². The van der Waals surface area contributed by atoms with Crippen molar-refractivity contribution >= 4 is 46.5 Å². The monoisotopic (exact) mass is 883 g/mol. The quantitative estimate of drug-likeness (QED) is 0.0470. The molecule has 6 amide bonds. The van der Waals surface area contributed by atoms with Crippen molar-refractivity contribution in [3.8, 4) is 0 Å². The molecular weight excluding hydrogens is 831 g/mol. The number of primary amides is 1. The molecule has 5 atom stereocenters. The number of alkyl carbamates (subject to hydrolysis) is 1. The number of rotatable bonds is 23. The van der Waals surface area contributed by atoms with E-state index in [2.05, 4.69) is 41.5 Å². The number of para-hydroxylation sites is 1. The standard InChI is InChI=1S/C48H53N9O8/c1-31(43(49)58)53-45(60)40(23-35-25-51-38-20-12-11-19-37(35)38)55-47(62)42(29-64-27-33-15-7-3-8-16-33)56-44(59)39(22-21-32-13-5-2-6-14-32)54-46(61)41(24-36-26-50-30-52-36)57-48(63)65-28-34-17-9-4-10-18-34/h2-20,25-26,30-31,39-42,51H,21-24,27-29H2,1H3,(H2,49,58)(H,50,52)(H,53,60)(H,54,61)(H,55,62)(H,56,59)(H,57,63)/t31-,39+,40+,41+,42+/m0/s1. The normalized spacial score (nSPS) is 13.3. The Morgan fingerprint density at radius 1 is 0.615 bits per heavy atom. The number of nitrogens with zero attached hydrogens (tertiary/aromatic N) is 1. The molecule has 0 saturated heterocycles. The molecule has 65 heavy (non-hydrogen) atoms. The Kier molecular flexibility index (Phi) is 17.0. The minimum absolute atomic E-state index is 0.00681. The van der Waals surface area contributed by atoms with Crippen LogP contribution >= 0.6 is 0 Å². The summed E-state index contributed by atoms with van der Waals surface area (Å²) in [6.45, 7) is 1.14. The topological polar surface area (TPSA) is 252 Å². The third-order valence-corrected chi connectivity index (χ3v) is 10.5. The van der Waals surface area contributed by atoms with Crippen LogP contribution < -0.4 is 32.3 Å².